The topological polar surface area (TPSA) is 75.5 Å². The minimum absolute atomic E-state index is 0.152. The molecule has 186 valence electrons. The van der Waals surface area contributed by atoms with E-state index < -0.39 is 10.0 Å². The molecule has 1 aliphatic heterocycles. The molecule has 0 spiro atoms. The third-order valence-corrected chi connectivity index (χ3v) is 9.23. The van der Waals surface area contributed by atoms with Crippen LogP contribution in [0.4, 0.5) is 0 Å². The lowest BCUT2D eigenvalue weighted by atomic mass is 10.1. The standard InChI is InChI=1S/C26H24BrClN4O3S/c1-18(30-14-16-31(17-15-30)36(34,35)22-12-6-19(27)7-13-22)25-29-24-5-3-2-4-23(24)26(33)32(25)21-10-8-20(28)9-11-21/h2-13,18H,14-17H2,1H3. The van der Waals surface area contributed by atoms with Crippen LogP contribution in [-0.4, -0.2) is 53.4 Å². The SMILES string of the molecule is CC(c1nc2ccccc2c(=O)n1-c1ccc(Cl)cc1)N1CCN(S(=O)(=O)c2ccc(Br)cc2)CC1. The van der Waals surface area contributed by atoms with Crippen molar-refractivity contribution in [3.8, 4) is 5.69 Å². The van der Waals surface area contributed by atoms with Gasteiger partial charge in [0.2, 0.25) is 10.0 Å². The molecule has 1 unspecified atom stereocenters. The maximum Gasteiger partial charge on any atom is 0.266 e. The zero-order valence-electron chi connectivity index (χ0n) is 19.5. The Kier molecular flexibility index (Phi) is 7.02. The number of benzene rings is 3. The summed E-state index contributed by atoms with van der Waals surface area (Å²) in [6, 6.07) is 20.9. The van der Waals surface area contributed by atoms with Gasteiger partial charge in [0.1, 0.15) is 5.82 Å². The van der Waals surface area contributed by atoms with Crippen molar-refractivity contribution >= 4 is 48.5 Å². The summed E-state index contributed by atoms with van der Waals surface area (Å²) in [5.41, 5.74) is 1.16. The molecule has 2 heterocycles. The Morgan fingerprint density at radius 3 is 2.22 bits per heavy atom. The van der Waals surface area contributed by atoms with Gasteiger partial charge >= 0.3 is 0 Å². The lowest BCUT2D eigenvalue weighted by Crippen LogP contribution is -2.49. The van der Waals surface area contributed by atoms with E-state index in [0.29, 0.717) is 53.6 Å². The fraction of sp³-hybridized carbons (Fsp3) is 0.231. The molecule has 1 aromatic heterocycles. The molecule has 0 aliphatic carbocycles. The van der Waals surface area contributed by atoms with E-state index in [4.69, 9.17) is 16.6 Å². The summed E-state index contributed by atoms with van der Waals surface area (Å²) in [6.07, 6.45) is 0. The second-order valence-corrected chi connectivity index (χ2v) is 12.0. The van der Waals surface area contributed by atoms with Gasteiger partial charge < -0.3 is 0 Å². The second kappa shape index (κ2) is 10.1. The first kappa shape index (κ1) is 25.1. The summed E-state index contributed by atoms with van der Waals surface area (Å²) in [5, 5.41) is 1.12. The average molecular weight is 588 g/mol. The van der Waals surface area contributed by atoms with Crippen LogP contribution in [0.25, 0.3) is 16.6 Å². The van der Waals surface area contributed by atoms with Crippen LogP contribution in [-0.2, 0) is 10.0 Å². The summed E-state index contributed by atoms with van der Waals surface area (Å²) in [7, 11) is -3.58. The third kappa shape index (κ3) is 4.73. The largest absolute Gasteiger partial charge is 0.291 e. The minimum atomic E-state index is -3.58. The molecular formula is C26H24BrClN4O3S. The molecule has 7 nitrogen and oxygen atoms in total. The number of aromatic nitrogens is 2. The molecule has 0 saturated carbocycles. The molecular weight excluding hydrogens is 564 g/mol. The summed E-state index contributed by atoms with van der Waals surface area (Å²) >= 11 is 9.44. The second-order valence-electron chi connectivity index (χ2n) is 8.67. The van der Waals surface area contributed by atoms with Gasteiger partial charge in [-0.2, -0.15) is 4.31 Å². The maximum absolute atomic E-state index is 13.6. The number of hydrogen-bond donors (Lipinski definition) is 0. The van der Waals surface area contributed by atoms with Crippen molar-refractivity contribution in [2.45, 2.75) is 17.9 Å². The van der Waals surface area contributed by atoms with Crippen LogP contribution >= 0.6 is 27.5 Å². The highest BCUT2D eigenvalue weighted by atomic mass is 79.9. The molecule has 0 amide bonds. The molecule has 0 N–H and O–H groups in total. The van der Waals surface area contributed by atoms with Crippen molar-refractivity contribution in [1.29, 1.82) is 0 Å². The van der Waals surface area contributed by atoms with Crippen LogP contribution in [0.5, 0.6) is 0 Å². The van der Waals surface area contributed by atoms with E-state index in [-0.39, 0.29) is 16.5 Å². The highest BCUT2D eigenvalue weighted by Crippen LogP contribution is 2.26. The van der Waals surface area contributed by atoms with Gasteiger partial charge in [0.05, 0.1) is 27.5 Å². The summed E-state index contributed by atoms with van der Waals surface area (Å²) in [6.45, 7) is 3.73. The molecule has 1 fully saturated rings. The van der Waals surface area contributed by atoms with Gasteiger partial charge in [-0.15, -0.1) is 0 Å². The van der Waals surface area contributed by atoms with Crippen LogP contribution in [0.2, 0.25) is 5.02 Å². The van der Waals surface area contributed by atoms with Crippen LogP contribution in [0.3, 0.4) is 0 Å². The monoisotopic (exact) mass is 586 g/mol. The Morgan fingerprint density at radius 2 is 1.56 bits per heavy atom. The number of sulfonamides is 1. The number of hydrogen-bond acceptors (Lipinski definition) is 5. The zero-order valence-corrected chi connectivity index (χ0v) is 22.7. The summed E-state index contributed by atoms with van der Waals surface area (Å²) < 4.78 is 30.2. The average Bonchev–Trinajstić information content (AvgIpc) is 2.89. The number of para-hydroxylation sites is 1. The van der Waals surface area contributed by atoms with Gasteiger partial charge in [-0.05, 0) is 67.6 Å². The fourth-order valence-corrected chi connectivity index (χ4v) is 6.33. The number of fused-ring (bicyclic) bond motifs is 1. The fourth-order valence-electron chi connectivity index (χ4n) is 4.52. The summed E-state index contributed by atoms with van der Waals surface area (Å²) in [4.78, 5) is 20.9. The van der Waals surface area contributed by atoms with Crippen LogP contribution in [0.1, 0.15) is 18.8 Å². The lowest BCUT2D eigenvalue weighted by molar-refractivity contribution is 0.140. The smallest absolute Gasteiger partial charge is 0.266 e. The molecule has 1 aliphatic rings. The first-order valence-electron chi connectivity index (χ1n) is 11.5. The van der Waals surface area contributed by atoms with Gasteiger partial charge in [0.25, 0.3) is 5.56 Å². The number of piperazine rings is 1. The van der Waals surface area contributed by atoms with Crippen molar-refractivity contribution < 1.29 is 8.42 Å². The van der Waals surface area contributed by atoms with Crippen molar-refractivity contribution in [2.24, 2.45) is 0 Å². The van der Waals surface area contributed by atoms with Crippen molar-refractivity contribution in [2.75, 3.05) is 26.2 Å². The quantitative estimate of drug-likeness (QED) is 0.333. The molecule has 10 heteroatoms. The Bertz CT molecular complexity index is 1570. The zero-order chi connectivity index (χ0) is 25.4. The van der Waals surface area contributed by atoms with E-state index in [1.807, 2.05) is 25.1 Å². The molecule has 3 aromatic carbocycles. The molecule has 4 aromatic rings. The van der Waals surface area contributed by atoms with E-state index in [0.717, 1.165) is 4.47 Å². The molecule has 0 bridgehead atoms. The normalized spacial score (nSPS) is 16.3. The van der Waals surface area contributed by atoms with Crippen LogP contribution in [0, 0.1) is 0 Å². The first-order valence-corrected chi connectivity index (χ1v) is 14.1. The van der Waals surface area contributed by atoms with Crippen molar-refractivity contribution in [3.05, 3.63) is 98.5 Å². The van der Waals surface area contributed by atoms with E-state index in [1.165, 1.54) is 4.31 Å². The van der Waals surface area contributed by atoms with E-state index in [1.54, 1.807) is 59.2 Å². The van der Waals surface area contributed by atoms with Crippen molar-refractivity contribution in [1.82, 2.24) is 18.8 Å². The molecule has 0 radical (unpaired) electrons. The molecule has 36 heavy (non-hydrogen) atoms. The van der Waals surface area contributed by atoms with Crippen LogP contribution in [0.15, 0.2) is 87.0 Å². The Morgan fingerprint density at radius 1 is 0.917 bits per heavy atom. The third-order valence-electron chi connectivity index (χ3n) is 6.53. The predicted octanol–water partition coefficient (Wildman–Crippen LogP) is 4.87. The molecule has 1 atom stereocenters. The maximum atomic E-state index is 13.6. The van der Waals surface area contributed by atoms with E-state index in [2.05, 4.69) is 20.8 Å². The highest BCUT2D eigenvalue weighted by molar-refractivity contribution is 9.10. The van der Waals surface area contributed by atoms with Gasteiger partial charge in [0.15, 0.2) is 0 Å². The minimum Gasteiger partial charge on any atom is -0.291 e. The Balaban J connectivity index is 1.46. The number of nitrogens with zero attached hydrogens (tertiary/aromatic N) is 4. The molecule has 1 saturated heterocycles. The van der Waals surface area contributed by atoms with E-state index in [9.17, 15) is 13.2 Å². The Hall–Kier alpha value is -2.56. The predicted molar refractivity (Wildman–Crippen MR) is 145 cm³/mol. The number of halogens is 2. The van der Waals surface area contributed by atoms with Crippen molar-refractivity contribution in [3.63, 3.8) is 0 Å². The Labute approximate surface area is 223 Å². The molecule has 5 rings (SSSR count). The van der Waals surface area contributed by atoms with Gasteiger partial charge in [-0.3, -0.25) is 14.3 Å². The van der Waals surface area contributed by atoms with Gasteiger partial charge in [-0.1, -0.05) is 39.7 Å². The van der Waals surface area contributed by atoms with Gasteiger partial charge in [-0.25, -0.2) is 13.4 Å². The first-order chi connectivity index (χ1) is 17.3. The lowest BCUT2D eigenvalue weighted by Gasteiger charge is -2.37. The van der Waals surface area contributed by atoms with Gasteiger partial charge in [0, 0.05) is 35.7 Å². The highest BCUT2D eigenvalue weighted by Gasteiger charge is 2.32. The number of rotatable bonds is 5. The summed E-state index contributed by atoms with van der Waals surface area (Å²) in [5.74, 6) is 0.602. The van der Waals surface area contributed by atoms with Crippen LogP contribution < -0.4 is 5.56 Å². The van der Waals surface area contributed by atoms with E-state index >= 15 is 0 Å².